The van der Waals surface area contributed by atoms with Crippen molar-refractivity contribution in [3.8, 4) is 11.1 Å². The number of Topliss-reactive ketones (excluding diaryl/α,β-unsaturated/α-hetero) is 1. The Balaban J connectivity index is 1.19. The number of ketones is 2. The van der Waals surface area contributed by atoms with Gasteiger partial charge in [0.2, 0.25) is 5.78 Å². The molecule has 0 saturated carbocycles. The van der Waals surface area contributed by atoms with Crippen molar-refractivity contribution in [1.82, 2.24) is 0 Å². The summed E-state index contributed by atoms with van der Waals surface area (Å²) in [5, 5.41) is 4.50. The van der Waals surface area contributed by atoms with Crippen molar-refractivity contribution in [1.29, 1.82) is 0 Å². The Bertz CT molecular complexity index is 1800. The van der Waals surface area contributed by atoms with Gasteiger partial charge in [0.1, 0.15) is 5.71 Å². The minimum atomic E-state index is -0.592. The fourth-order valence-electron chi connectivity index (χ4n) is 4.38. The Kier molecular flexibility index (Phi) is 11.0. The molecule has 8 heteroatoms. The van der Waals surface area contributed by atoms with E-state index in [0.717, 1.165) is 25.8 Å². The average molecular weight is 650 g/mol. The number of carbonyl (C=O) groups is 3. The highest BCUT2D eigenvalue weighted by Crippen LogP contribution is 2.29. The van der Waals surface area contributed by atoms with Crippen LogP contribution in [0.5, 0.6) is 0 Å². The summed E-state index contributed by atoms with van der Waals surface area (Å²) in [6.07, 6.45) is 0.318. The molecular formula is C37H28ClNO4S2. The van der Waals surface area contributed by atoms with E-state index >= 15 is 0 Å². The maximum atomic E-state index is 13.2. The number of rotatable bonds is 12. The van der Waals surface area contributed by atoms with Crippen LogP contribution in [-0.2, 0) is 9.63 Å². The van der Waals surface area contributed by atoms with Gasteiger partial charge in [-0.25, -0.2) is 4.79 Å². The van der Waals surface area contributed by atoms with Gasteiger partial charge in [-0.3, -0.25) is 9.59 Å². The first-order valence-electron chi connectivity index (χ1n) is 14.1. The number of nitrogens with zero attached hydrogens (tertiary/aromatic N) is 1. The van der Waals surface area contributed by atoms with Gasteiger partial charge < -0.3 is 4.84 Å². The Hall–Kier alpha value is -4.43. The van der Waals surface area contributed by atoms with Crippen LogP contribution in [0.15, 0.2) is 147 Å². The minimum absolute atomic E-state index is 0.0354. The van der Waals surface area contributed by atoms with Crippen molar-refractivity contribution < 1.29 is 19.2 Å². The molecule has 0 aliphatic carbocycles. The van der Waals surface area contributed by atoms with Gasteiger partial charge in [0.15, 0.2) is 5.78 Å². The standard InChI is InChI=1S/C37H28ClNO4S2/c1-25(40)43-39-35(23-24-44-32-21-15-31(38)16-22-32)37(42)30-13-19-34(20-14-30)45-33-17-11-29(12-18-33)36(41)28-9-7-27(8-10-28)26-5-3-2-4-6-26/h2-22H,23-24H2,1H3. The summed E-state index contributed by atoms with van der Waals surface area (Å²) in [6.45, 7) is 1.24. The Morgan fingerprint density at radius 2 is 1.16 bits per heavy atom. The molecule has 45 heavy (non-hydrogen) atoms. The summed E-state index contributed by atoms with van der Waals surface area (Å²) in [7, 11) is 0. The van der Waals surface area contributed by atoms with Crippen LogP contribution in [0.2, 0.25) is 5.02 Å². The molecule has 0 aliphatic rings. The molecule has 224 valence electrons. The van der Waals surface area contributed by atoms with Gasteiger partial charge in [0.05, 0.1) is 0 Å². The van der Waals surface area contributed by atoms with Gasteiger partial charge in [-0.2, -0.15) is 0 Å². The molecule has 5 nitrogen and oxygen atoms in total. The van der Waals surface area contributed by atoms with E-state index in [-0.39, 0.29) is 17.3 Å². The molecule has 0 radical (unpaired) electrons. The van der Waals surface area contributed by atoms with Crippen LogP contribution in [0.1, 0.15) is 39.6 Å². The summed E-state index contributed by atoms with van der Waals surface area (Å²) in [4.78, 5) is 45.4. The first-order valence-corrected chi connectivity index (χ1v) is 16.3. The molecule has 5 aromatic rings. The second kappa shape index (κ2) is 15.5. The van der Waals surface area contributed by atoms with Gasteiger partial charge in [-0.05, 0) is 83.9 Å². The van der Waals surface area contributed by atoms with E-state index in [1.807, 2.05) is 115 Å². The fraction of sp³-hybridized carbons (Fsp3) is 0.0811. The highest BCUT2D eigenvalue weighted by atomic mass is 35.5. The van der Waals surface area contributed by atoms with E-state index in [9.17, 15) is 14.4 Å². The predicted molar refractivity (Wildman–Crippen MR) is 183 cm³/mol. The van der Waals surface area contributed by atoms with E-state index in [1.54, 1.807) is 23.9 Å². The van der Waals surface area contributed by atoms with Gasteiger partial charge in [-0.15, -0.1) is 11.8 Å². The zero-order chi connectivity index (χ0) is 31.6. The SMILES string of the molecule is CC(=O)ON=C(CCSc1ccc(Cl)cc1)C(=O)c1ccc(Sc2ccc(C(=O)c3ccc(-c4ccccc4)cc3)cc2)cc1. The van der Waals surface area contributed by atoms with Crippen LogP contribution in [0, 0.1) is 0 Å². The lowest BCUT2D eigenvalue weighted by molar-refractivity contribution is -0.140. The highest BCUT2D eigenvalue weighted by Gasteiger charge is 2.16. The van der Waals surface area contributed by atoms with Crippen LogP contribution in [0.4, 0.5) is 0 Å². The highest BCUT2D eigenvalue weighted by molar-refractivity contribution is 7.99. The third kappa shape index (κ3) is 9.05. The molecule has 0 aliphatic heterocycles. The van der Waals surface area contributed by atoms with Gasteiger partial charge in [-0.1, -0.05) is 83.1 Å². The van der Waals surface area contributed by atoms with Crippen LogP contribution >= 0.6 is 35.1 Å². The molecule has 0 bridgehead atoms. The van der Waals surface area contributed by atoms with Crippen LogP contribution < -0.4 is 0 Å². The van der Waals surface area contributed by atoms with Crippen LogP contribution in [-0.4, -0.2) is 29.0 Å². The van der Waals surface area contributed by atoms with Gasteiger partial charge >= 0.3 is 5.97 Å². The lowest BCUT2D eigenvalue weighted by Crippen LogP contribution is -2.16. The molecule has 5 aromatic carbocycles. The predicted octanol–water partition coefficient (Wildman–Crippen LogP) is 9.67. The molecule has 0 fully saturated rings. The lowest BCUT2D eigenvalue weighted by Gasteiger charge is -2.08. The number of thioether (sulfide) groups is 1. The van der Waals surface area contributed by atoms with Crippen LogP contribution in [0.3, 0.4) is 0 Å². The summed E-state index contributed by atoms with van der Waals surface area (Å²) >= 11 is 9.03. The third-order valence-corrected chi connectivity index (χ3v) is 8.97. The zero-order valence-corrected chi connectivity index (χ0v) is 26.7. The first-order chi connectivity index (χ1) is 21.9. The summed E-state index contributed by atoms with van der Waals surface area (Å²) in [5.74, 6) is -0.360. The first kappa shape index (κ1) is 32.0. The van der Waals surface area contributed by atoms with Gasteiger partial charge in [0, 0.05) is 55.5 Å². The van der Waals surface area contributed by atoms with Crippen molar-refractivity contribution in [3.63, 3.8) is 0 Å². The Labute approximate surface area is 275 Å². The molecule has 0 atom stereocenters. The minimum Gasteiger partial charge on any atom is -0.318 e. The summed E-state index contributed by atoms with van der Waals surface area (Å²) in [6, 6.07) is 39.8. The van der Waals surface area contributed by atoms with E-state index in [0.29, 0.717) is 33.9 Å². The van der Waals surface area contributed by atoms with E-state index in [1.165, 1.54) is 18.7 Å². The molecule has 0 spiro atoms. The number of hydrogen-bond donors (Lipinski definition) is 0. The summed E-state index contributed by atoms with van der Waals surface area (Å²) in [5.41, 5.74) is 4.03. The molecule has 0 unspecified atom stereocenters. The fourth-order valence-corrected chi connectivity index (χ4v) is 6.18. The zero-order valence-electron chi connectivity index (χ0n) is 24.3. The smallest absolute Gasteiger partial charge is 0.318 e. The average Bonchev–Trinajstić information content (AvgIpc) is 3.07. The summed E-state index contributed by atoms with van der Waals surface area (Å²) < 4.78 is 0. The maximum Gasteiger partial charge on any atom is 0.331 e. The molecule has 0 N–H and O–H groups in total. The Morgan fingerprint density at radius 1 is 0.644 bits per heavy atom. The van der Waals surface area contributed by atoms with Crippen molar-refractivity contribution in [2.75, 3.05) is 5.75 Å². The molecule has 0 aromatic heterocycles. The van der Waals surface area contributed by atoms with E-state index in [2.05, 4.69) is 5.16 Å². The molecule has 0 heterocycles. The monoisotopic (exact) mass is 649 g/mol. The third-order valence-electron chi connectivity index (χ3n) is 6.69. The molecule has 5 rings (SSSR count). The normalized spacial score (nSPS) is 11.2. The topological polar surface area (TPSA) is 72.8 Å². The van der Waals surface area contributed by atoms with Crippen molar-refractivity contribution in [3.05, 3.63) is 149 Å². The molecule has 0 saturated heterocycles. The lowest BCUT2D eigenvalue weighted by atomic mass is 9.99. The second-order valence-electron chi connectivity index (χ2n) is 9.93. The number of halogens is 1. The number of benzene rings is 5. The van der Waals surface area contributed by atoms with Gasteiger partial charge in [0.25, 0.3) is 0 Å². The van der Waals surface area contributed by atoms with Crippen molar-refractivity contribution >= 4 is 58.4 Å². The second-order valence-corrected chi connectivity index (χ2v) is 12.7. The molecular weight excluding hydrogens is 622 g/mol. The largest absolute Gasteiger partial charge is 0.331 e. The molecule has 0 amide bonds. The number of hydrogen-bond acceptors (Lipinski definition) is 7. The van der Waals surface area contributed by atoms with E-state index < -0.39 is 5.97 Å². The van der Waals surface area contributed by atoms with Crippen molar-refractivity contribution in [2.24, 2.45) is 5.16 Å². The Morgan fingerprint density at radius 3 is 1.73 bits per heavy atom. The van der Waals surface area contributed by atoms with E-state index in [4.69, 9.17) is 16.4 Å². The van der Waals surface area contributed by atoms with Crippen LogP contribution in [0.25, 0.3) is 11.1 Å². The maximum absolute atomic E-state index is 13.2. The number of carbonyl (C=O) groups excluding carboxylic acids is 3. The number of oxime groups is 1. The van der Waals surface area contributed by atoms with Crippen molar-refractivity contribution in [2.45, 2.75) is 28.0 Å². The quantitative estimate of drug-likeness (QED) is 0.0440.